The van der Waals surface area contributed by atoms with Gasteiger partial charge in [-0.3, -0.25) is 4.79 Å². The first kappa shape index (κ1) is 15.2. The van der Waals surface area contributed by atoms with Gasteiger partial charge in [0, 0.05) is 12.1 Å². The van der Waals surface area contributed by atoms with Crippen LogP contribution < -0.4 is 11.1 Å². The predicted octanol–water partition coefficient (Wildman–Crippen LogP) is 3.87. The van der Waals surface area contributed by atoms with Gasteiger partial charge in [-0.2, -0.15) is 0 Å². The van der Waals surface area contributed by atoms with Crippen LogP contribution in [0.4, 0.5) is 5.69 Å². The maximum absolute atomic E-state index is 12.0. The summed E-state index contributed by atoms with van der Waals surface area (Å²) in [6.45, 7) is 3.05. The Hall–Kier alpha value is -1.22. The Kier molecular flexibility index (Phi) is 5.30. The third-order valence-electron chi connectivity index (χ3n) is 4.15. The molecule has 2 rings (SSSR count). The van der Waals surface area contributed by atoms with E-state index in [9.17, 15) is 4.79 Å². The number of amides is 1. The highest BCUT2D eigenvalue weighted by Crippen LogP contribution is 2.30. The predicted molar refractivity (Wildman–Crippen MR) is 83.9 cm³/mol. The Balaban J connectivity index is 1.78. The highest BCUT2D eigenvalue weighted by Gasteiger charge is 2.18. The fraction of sp³-hybridized carbons (Fsp3) is 0.562. The molecule has 3 N–H and O–H groups in total. The van der Waals surface area contributed by atoms with Crippen molar-refractivity contribution in [1.29, 1.82) is 0 Å². The maximum Gasteiger partial charge on any atom is 0.251 e. The summed E-state index contributed by atoms with van der Waals surface area (Å²) in [5.41, 5.74) is 6.71. The maximum atomic E-state index is 12.0. The van der Waals surface area contributed by atoms with Gasteiger partial charge >= 0.3 is 0 Å². The summed E-state index contributed by atoms with van der Waals surface area (Å²) in [7, 11) is 0. The van der Waals surface area contributed by atoms with E-state index in [1.807, 2.05) is 0 Å². The number of benzene rings is 1. The van der Waals surface area contributed by atoms with Crippen molar-refractivity contribution in [1.82, 2.24) is 5.32 Å². The van der Waals surface area contributed by atoms with E-state index in [1.165, 1.54) is 25.7 Å². The number of carbonyl (C=O) groups is 1. The lowest BCUT2D eigenvalue weighted by Gasteiger charge is -2.26. The first-order valence-corrected chi connectivity index (χ1v) is 7.77. The second kappa shape index (κ2) is 6.98. The molecule has 110 valence electrons. The summed E-state index contributed by atoms with van der Waals surface area (Å²) in [5.74, 6) is 1.52. The number of nitrogens with one attached hydrogen (secondary N) is 1. The molecule has 1 aromatic carbocycles. The molecule has 4 heteroatoms. The van der Waals surface area contributed by atoms with Crippen LogP contribution in [-0.2, 0) is 0 Å². The number of halogens is 1. The van der Waals surface area contributed by atoms with Crippen LogP contribution in [0.1, 0.15) is 49.4 Å². The molecule has 0 saturated heterocycles. The van der Waals surface area contributed by atoms with Gasteiger partial charge in [0.1, 0.15) is 0 Å². The van der Waals surface area contributed by atoms with E-state index in [0.29, 0.717) is 16.3 Å². The number of carbonyl (C=O) groups excluding carboxylic acids is 1. The third-order valence-corrected chi connectivity index (χ3v) is 4.47. The number of nitrogen functional groups attached to an aromatic ring is 1. The van der Waals surface area contributed by atoms with Crippen molar-refractivity contribution in [2.75, 3.05) is 12.3 Å². The second-order valence-electron chi connectivity index (χ2n) is 5.92. The molecule has 1 fully saturated rings. The summed E-state index contributed by atoms with van der Waals surface area (Å²) in [5, 5.41) is 3.40. The van der Waals surface area contributed by atoms with Gasteiger partial charge < -0.3 is 11.1 Å². The molecule has 1 aliphatic carbocycles. The number of nitrogens with two attached hydrogens (primary N) is 1. The van der Waals surface area contributed by atoms with Gasteiger partial charge in [-0.1, -0.05) is 37.8 Å². The van der Waals surface area contributed by atoms with Crippen molar-refractivity contribution in [3.63, 3.8) is 0 Å². The lowest BCUT2D eigenvalue weighted by molar-refractivity contribution is 0.0949. The molecule has 0 bridgehead atoms. The van der Waals surface area contributed by atoms with Crippen LogP contribution in [0.25, 0.3) is 0 Å². The van der Waals surface area contributed by atoms with Gasteiger partial charge in [-0.25, -0.2) is 0 Å². The third kappa shape index (κ3) is 4.14. The number of anilines is 1. The van der Waals surface area contributed by atoms with Gasteiger partial charge in [-0.15, -0.1) is 0 Å². The SMILES string of the molecule is CC1CCCC(CCNC(=O)c2ccc(N)c(Cl)c2)C1. The molecule has 1 aliphatic rings. The Morgan fingerprint density at radius 3 is 2.95 bits per heavy atom. The van der Waals surface area contributed by atoms with Crippen LogP contribution in [0.15, 0.2) is 18.2 Å². The van der Waals surface area contributed by atoms with Crippen LogP contribution in [0, 0.1) is 11.8 Å². The highest BCUT2D eigenvalue weighted by atomic mass is 35.5. The lowest BCUT2D eigenvalue weighted by Crippen LogP contribution is -2.27. The molecule has 1 amide bonds. The normalized spacial score (nSPS) is 22.5. The Morgan fingerprint density at radius 2 is 2.25 bits per heavy atom. The highest BCUT2D eigenvalue weighted by molar-refractivity contribution is 6.33. The van der Waals surface area contributed by atoms with Crippen LogP contribution >= 0.6 is 11.6 Å². The molecule has 1 saturated carbocycles. The lowest BCUT2D eigenvalue weighted by atomic mass is 9.81. The zero-order chi connectivity index (χ0) is 14.5. The van der Waals surface area contributed by atoms with Gasteiger partial charge in [0.2, 0.25) is 0 Å². The molecule has 3 nitrogen and oxygen atoms in total. The van der Waals surface area contributed by atoms with E-state index in [-0.39, 0.29) is 5.91 Å². The van der Waals surface area contributed by atoms with Crippen LogP contribution in [0.3, 0.4) is 0 Å². The Morgan fingerprint density at radius 1 is 1.45 bits per heavy atom. The Bertz CT molecular complexity index is 476. The molecule has 20 heavy (non-hydrogen) atoms. The zero-order valence-corrected chi connectivity index (χ0v) is 12.7. The van der Waals surface area contributed by atoms with E-state index < -0.39 is 0 Å². The minimum atomic E-state index is -0.0734. The van der Waals surface area contributed by atoms with Gasteiger partial charge in [0.25, 0.3) is 5.91 Å². The summed E-state index contributed by atoms with van der Waals surface area (Å²) >= 11 is 5.92. The molecule has 2 atom stereocenters. The standard InChI is InChI=1S/C16H23ClN2O/c1-11-3-2-4-12(9-11)7-8-19-16(20)13-5-6-15(18)14(17)10-13/h5-6,10-12H,2-4,7-9,18H2,1H3,(H,19,20). The zero-order valence-electron chi connectivity index (χ0n) is 12.0. The minimum Gasteiger partial charge on any atom is -0.398 e. The fourth-order valence-corrected chi connectivity index (χ4v) is 3.16. The first-order chi connectivity index (χ1) is 9.56. The average molecular weight is 295 g/mol. The van der Waals surface area contributed by atoms with E-state index in [4.69, 9.17) is 17.3 Å². The second-order valence-corrected chi connectivity index (χ2v) is 6.33. The summed E-state index contributed by atoms with van der Waals surface area (Å²) in [6.07, 6.45) is 6.34. The van der Waals surface area contributed by atoms with E-state index in [1.54, 1.807) is 18.2 Å². The fourth-order valence-electron chi connectivity index (χ4n) is 2.98. The molecule has 2 unspecified atom stereocenters. The summed E-state index contributed by atoms with van der Waals surface area (Å²) in [4.78, 5) is 12.0. The molecule has 0 aromatic heterocycles. The van der Waals surface area contributed by atoms with Crippen molar-refractivity contribution >= 4 is 23.2 Å². The van der Waals surface area contributed by atoms with E-state index >= 15 is 0 Å². The van der Waals surface area contributed by atoms with Crippen molar-refractivity contribution in [3.8, 4) is 0 Å². The van der Waals surface area contributed by atoms with Gasteiger partial charge in [-0.05, 0) is 42.9 Å². The summed E-state index contributed by atoms with van der Waals surface area (Å²) < 4.78 is 0. The monoisotopic (exact) mass is 294 g/mol. The Labute approximate surface area is 125 Å². The largest absolute Gasteiger partial charge is 0.398 e. The van der Waals surface area contributed by atoms with Crippen LogP contribution in [-0.4, -0.2) is 12.5 Å². The quantitative estimate of drug-likeness (QED) is 0.828. The molecular weight excluding hydrogens is 272 g/mol. The summed E-state index contributed by atoms with van der Waals surface area (Å²) in [6, 6.07) is 4.99. The van der Waals surface area contributed by atoms with E-state index in [2.05, 4.69) is 12.2 Å². The number of rotatable bonds is 4. The molecular formula is C16H23ClN2O. The van der Waals surface area contributed by atoms with Crippen molar-refractivity contribution in [2.24, 2.45) is 11.8 Å². The minimum absolute atomic E-state index is 0.0734. The molecule has 1 aromatic rings. The van der Waals surface area contributed by atoms with Gasteiger partial charge in [0.15, 0.2) is 0 Å². The number of hydrogen-bond donors (Lipinski definition) is 2. The molecule has 0 aliphatic heterocycles. The topological polar surface area (TPSA) is 55.1 Å². The van der Waals surface area contributed by atoms with Gasteiger partial charge in [0.05, 0.1) is 10.7 Å². The molecule has 0 spiro atoms. The van der Waals surface area contributed by atoms with Crippen molar-refractivity contribution in [2.45, 2.75) is 39.0 Å². The average Bonchev–Trinajstić information content (AvgIpc) is 2.42. The molecule has 0 radical (unpaired) electrons. The van der Waals surface area contributed by atoms with Crippen LogP contribution in [0.2, 0.25) is 5.02 Å². The number of hydrogen-bond acceptors (Lipinski definition) is 2. The van der Waals surface area contributed by atoms with Crippen LogP contribution in [0.5, 0.6) is 0 Å². The van der Waals surface area contributed by atoms with Crippen molar-refractivity contribution in [3.05, 3.63) is 28.8 Å². The molecule has 0 heterocycles. The smallest absolute Gasteiger partial charge is 0.251 e. The first-order valence-electron chi connectivity index (χ1n) is 7.39. The van der Waals surface area contributed by atoms with E-state index in [0.717, 1.165) is 24.8 Å². The van der Waals surface area contributed by atoms with Crippen molar-refractivity contribution < 1.29 is 4.79 Å².